The van der Waals surface area contributed by atoms with Gasteiger partial charge in [0, 0.05) is 32.2 Å². The van der Waals surface area contributed by atoms with Crippen LogP contribution in [0.1, 0.15) is 31.7 Å². The van der Waals surface area contributed by atoms with E-state index < -0.39 is 0 Å². The van der Waals surface area contributed by atoms with Crippen molar-refractivity contribution in [2.24, 2.45) is 11.7 Å². The summed E-state index contributed by atoms with van der Waals surface area (Å²) in [6.07, 6.45) is 2.91. The van der Waals surface area contributed by atoms with Crippen LogP contribution in [0, 0.1) is 5.92 Å². The molecule has 2 unspecified atom stereocenters. The first-order chi connectivity index (χ1) is 10.2. The Morgan fingerprint density at radius 1 is 1.43 bits per heavy atom. The molecule has 0 radical (unpaired) electrons. The van der Waals surface area contributed by atoms with Gasteiger partial charge in [-0.05, 0) is 18.4 Å². The number of likely N-dealkylation sites (tertiary alicyclic amines) is 1. The van der Waals surface area contributed by atoms with Crippen molar-refractivity contribution in [3.8, 4) is 0 Å². The van der Waals surface area contributed by atoms with Crippen molar-refractivity contribution >= 4 is 5.91 Å². The summed E-state index contributed by atoms with van der Waals surface area (Å²) in [5, 5.41) is 3.17. The van der Waals surface area contributed by atoms with E-state index in [1.165, 1.54) is 5.56 Å². The third-order valence-electron chi connectivity index (χ3n) is 4.16. The summed E-state index contributed by atoms with van der Waals surface area (Å²) in [7, 11) is 0. The maximum absolute atomic E-state index is 12.2. The van der Waals surface area contributed by atoms with Crippen LogP contribution < -0.4 is 11.1 Å². The fraction of sp³-hybridized carbons (Fsp3) is 0.588. The van der Waals surface area contributed by atoms with Crippen LogP contribution in [0.5, 0.6) is 0 Å². The number of nitrogens with two attached hydrogens (primary N) is 1. The van der Waals surface area contributed by atoms with Crippen molar-refractivity contribution in [3.63, 3.8) is 0 Å². The van der Waals surface area contributed by atoms with Gasteiger partial charge in [0.25, 0.3) is 0 Å². The molecule has 0 spiro atoms. The topological polar surface area (TPSA) is 58.4 Å². The van der Waals surface area contributed by atoms with Gasteiger partial charge in [0.05, 0.1) is 5.92 Å². The number of nitrogens with one attached hydrogen (secondary N) is 1. The standard InChI is InChI=1S/C17H27N3O/c1-2-6-15(11-18)17(21)19-16-9-10-20(13-16)12-14-7-4-3-5-8-14/h3-5,7-8,15-16H,2,6,9-13,18H2,1H3,(H,19,21). The van der Waals surface area contributed by atoms with Crippen LogP contribution in [0.4, 0.5) is 0 Å². The number of nitrogens with zero attached hydrogens (tertiary/aromatic N) is 1. The number of carbonyl (C=O) groups is 1. The molecule has 0 bridgehead atoms. The Morgan fingerprint density at radius 3 is 2.86 bits per heavy atom. The summed E-state index contributed by atoms with van der Waals surface area (Å²) in [5.74, 6) is 0.101. The van der Waals surface area contributed by atoms with Crippen molar-refractivity contribution in [1.29, 1.82) is 0 Å². The zero-order valence-electron chi connectivity index (χ0n) is 12.9. The van der Waals surface area contributed by atoms with Crippen LogP contribution in [-0.2, 0) is 11.3 Å². The molecule has 1 aromatic carbocycles. The first-order valence-corrected chi connectivity index (χ1v) is 7.99. The molecule has 1 aliphatic rings. The van der Waals surface area contributed by atoms with E-state index in [9.17, 15) is 4.79 Å². The van der Waals surface area contributed by atoms with Crippen LogP contribution in [0.2, 0.25) is 0 Å². The van der Waals surface area contributed by atoms with E-state index in [1.54, 1.807) is 0 Å². The zero-order chi connectivity index (χ0) is 15.1. The van der Waals surface area contributed by atoms with Crippen molar-refractivity contribution in [3.05, 3.63) is 35.9 Å². The largest absolute Gasteiger partial charge is 0.352 e. The van der Waals surface area contributed by atoms with Gasteiger partial charge in [-0.25, -0.2) is 0 Å². The molecule has 4 heteroatoms. The predicted molar refractivity (Wildman–Crippen MR) is 85.7 cm³/mol. The molecule has 3 N–H and O–H groups in total. The van der Waals surface area contributed by atoms with E-state index in [2.05, 4.69) is 41.4 Å². The summed E-state index contributed by atoms with van der Waals surface area (Å²) in [6, 6.07) is 10.8. The first-order valence-electron chi connectivity index (χ1n) is 7.99. The number of rotatable bonds is 7. The SMILES string of the molecule is CCCC(CN)C(=O)NC1CCN(Cc2ccccc2)C1. The van der Waals surface area contributed by atoms with Crippen LogP contribution in [0.15, 0.2) is 30.3 Å². The fourth-order valence-electron chi connectivity index (χ4n) is 2.96. The molecule has 0 aliphatic carbocycles. The van der Waals surface area contributed by atoms with Crippen molar-refractivity contribution in [1.82, 2.24) is 10.2 Å². The quantitative estimate of drug-likeness (QED) is 0.804. The number of hydrogen-bond acceptors (Lipinski definition) is 3. The molecule has 2 rings (SSSR count). The monoisotopic (exact) mass is 289 g/mol. The second-order valence-electron chi connectivity index (χ2n) is 5.94. The number of carbonyl (C=O) groups excluding carboxylic acids is 1. The molecule has 116 valence electrons. The number of hydrogen-bond donors (Lipinski definition) is 2. The second-order valence-corrected chi connectivity index (χ2v) is 5.94. The van der Waals surface area contributed by atoms with Gasteiger partial charge in [-0.15, -0.1) is 0 Å². The van der Waals surface area contributed by atoms with Crippen LogP contribution in [-0.4, -0.2) is 36.5 Å². The Morgan fingerprint density at radius 2 is 2.19 bits per heavy atom. The predicted octanol–water partition coefficient (Wildman–Crippen LogP) is 1.75. The van der Waals surface area contributed by atoms with E-state index in [4.69, 9.17) is 5.73 Å². The highest BCUT2D eigenvalue weighted by Crippen LogP contribution is 2.14. The lowest BCUT2D eigenvalue weighted by atomic mass is 10.0. The highest BCUT2D eigenvalue weighted by Gasteiger charge is 2.26. The molecule has 2 atom stereocenters. The molecule has 1 amide bonds. The summed E-state index contributed by atoms with van der Waals surface area (Å²) in [4.78, 5) is 14.6. The highest BCUT2D eigenvalue weighted by molar-refractivity contribution is 5.79. The van der Waals surface area contributed by atoms with Gasteiger partial charge >= 0.3 is 0 Å². The Bertz CT molecular complexity index is 435. The lowest BCUT2D eigenvalue weighted by Crippen LogP contribution is -2.42. The molecule has 1 fully saturated rings. The van der Waals surface area contributed by atoms with Gasteiger partial charge in [0.2, 0.25) is 5.91 Å². The molecule has 4 nitrogen and oxygen atoms in total. The smallest absolute Gasteiger partial charge is 0.224 e. The van der Waals surface area contributed by atoms with E-state index in [1.807, 2.05) is 6.07 Å². The van der Waals surface area contributed by atoms with Gasteiger partial charge in [0.15, 0.2) is 0 Å². The molecular formula is C17H27N3O. The lowest BCUT2D eigenvalue weighted by molar-refractivity contribution is -0.125. The molecule has 1 aliphatic heterocycles. The van der Waals surface area contributed by atoms with Crippen molar-refractivity contribution in [2.45, 2.75) is 38.8 Å². The van der Waals surface area contributed by atoms with Crippen molar-refractivity contribution < 1.29 is 4.79 Å². The van der Waals surface area contributed by atoms with E-state index >= 15 is 0 Å². The van der Waals surface area contributed by atoms with Gasteiger partial charge in [-0.3, -0.25) is 9.69 Å². The van der Waals surface area contributed by atoms with E-state index in [-0.39, 0.29) is 17.9 Å². The summed E-state index contributed by atoms with van der Waals surface area (Å²) in [5.41, 5.74) is 7.02. The van der Waals surface area contributed by atoms with Crippen LogP contribution in [0.25, 0.3) is 0 Å². The Hall–Kier alpha value is -1.39. The number of benzene rings is 1. The summed E-state index contributed by atoms with van der Waals surface area (Å²) >= 11 is 0. The number of amides is 1. The van der Waals surface area contributed by atoms with Gasteiger partial charge < -0.3 is 11.1 Å². The molecule has 1 heterocycles. The minimum absolute atomic E-state index is 0.0295. The summed E-state index contributed by atoms with van der Waals surface area (Å²) < 4.78 is 0. The molecule has 0 saturated carbocycles. The lowest BCUT2D eigenvalue weighted by Gasteiger charge is -2.19. The van der Waals surface area contributed by atoms with Gasteiger partial charge in [-0.1, -0.05) is 43.7 Å². The maximum Gasteiger partial charge on any atom is 0.224 e. The minimum Gasteiger partial charge on any atom is -0.352 e. The molecular weight excluding hydrogens is 262 g/mol. The Balaban J connectivity index is 1.78. The average molecular weight is 289 g/mol. The Kier molecular flexibility index (Phi) is 6.21. The first kappa shape index (κ1) is 16.0. The summed E-state index contributed by atoms with van der Waals surface area (Å²) in [6.45, 7) is 5.47. The zero-order valence-corrected chi connectivity index (χ0v) is 12.9. The average Bonchev–Trinajstić information content (AvgIpc) is 2.92. The molecule has 1 saturated heterocycles. The van der Waals surface area contributed by atoms with Gasteiger partial charge in [0.1, 0.15) is 0 Å². The molecule has 0 aromatic heterocycles. The highest BCUT2D eigenvalue weighted by atomic mass is 16.2. The minimum atomic E-state index is -0.0295. The third kappa shape index (κ3) is 4.83. The van der Waals surface area contributed by atoms with E-state index in [0.717, 1.165) is 38.9 Å². The van der Waals surface area contributed by atoms with E-state index in [0.29, 0.717) is 6.54 Å². The van der Waals surface area contributed by atoms with Gasteiger partial charge in [-0.2, -0.15) is 0 Å². The van der Waals surface area contributed by atoms with Crippen LogP contribution in [0.3, 0.4) is 0 Å². The maximum atomic E-state index is 12.2. The normalized spacial score (nSPS) is 20.4. The fourth-order valence-corrected chi connectivity index (χ4v) is 2.96. The van der Waals surface area contributed by atoms with Crippen LogP contribution >= 0.6 is 0 Å². The third-order valence-corrected chi connectivity index (χ3v) is 4.16. The molecule has 1 aromatic rings. The van der Waals surface area contributed by atoms with Crippen molar-refractivity contribution in [2.75, 3.05) is 19.6 Å². The second kappa shape index (κ2) is 8.15. The molecule has 21 heavy (non-hydrogen) atoms. The Labute approximate surface area is 127 Å².